The Hall–Kier alpha value is -0.430. The number of carbonyl (C=O) groups is 1. The van der Waals surface area contributed by atoms with Crippen molar-refractivity contribution in [1.29, 1.82) is 0 Å². The van der Waals surface area contributed by atoms with Crippen LogP contribution < -0.4 is 5.32 Å². The molecule has 1 saturated heterocycles. The van der Waals surface area contributed by atoms with E-state index < -0.39 is 0 Å². The van der Waals surface area contributed by atoms with Crippen LogP contribution in [-0.4, -0.2) is 49.7 Å². The number of nitrogens with zero attached hydrogens (tertiary/aromatic N) is 1. The molecule has 0 bridgehead atoms. The highest BCUT2D eigenvalue weighted by molar-refractivity contribution is 9.11. The van der Waals surface area contributed by atoms with E-state index in [0.717, 1.165) is 41.8 Å². The largest absolute Gasteiger partial charge is 0.379 e. The van der Waals surface area contributed by atoms with Gasteiger partial charge >= 0.3 is 0 Å². The minimum Gasteiger partial charge on any atom is -0.379 e. The molecule has 0 spiro atoms. The molecule has 1 aliphatic heterocycles. The lowest BCUT2D eigenvalue weighted by Gasteiger charge is -2.29. The highest BCUT2D eigenvalue weighted by Crippen LogP contribution is 2.20. The molecule has 0 aromatic heterocycles. The normalized spacial score (nSPS) is 17.8. The number of morpholine rings is 1. The van der Waals surface area contributed by atoms with E-state index in [0.29, 0.717) is 5.56 Å². The maximum absolute atomic E-state index is 12.2. The van der Waals surface area contributed by atoms with Crippen molar-refractivity contribution in [1.82, 2.24) is 10.2 Å². The Kier molecular flexibility index (Phi) is 6.01. The Labute approximate surface area is 136 Å². The molecule has 20 heavy (non-hydrogen) atoms. The number of amides is 1. The fraction of sp³-hybridized carbons (Fsp3) is 0.500. The average molecular weight is 406 g/mol. The van der Waals surface area contributed by atoms with E-state index in [1.165, 1.54) is 0 Å². The number of benzene rings is 1. The number of rotatable bonds is 4. The third-order valence-electron chi connectivity index (χ3n) is 3.14. The van der Waals surface area contributed by atoms with Crippen molar-refractivity contribution in [3.8, 4) is 0 Å². The van der Waals surface area contributed by atoms with Crippen LogP contribution in [0.4, 0.5) is 0 Å². The van der Waals surface area contributed by atoms with Gasteiger partial charge in [-0.3, -0.25) is 9.69 Å². The molecule has 1 amide bonds. The molecule has 4 nitrogen and oxygen atoms in total. The molecule has 2 rings (SSSR count). The van der Waals surface area contributed by atoms with Gasteiger partial charge < -0.3 is 10.1 Å². The Morgan fingerprint density at radius 2 is 1.90 bits per heavy atom. The molecule has 1 unspecified atom stereocenters. The fourth-order valence-electron chi connectivity index (χ4n) is 2.21. The summed E-state index contributed by atoms with van der Waals surface area (Å²) in [6.07, 6.45) is 0. The fourth-order valence-corrected chi connectivity index (χ4v) is 3.50. The summed E-state index contributed by atoms with van der Waals surface area (Å²) in [5.41, 5.74) is 0.653. The van der Waals surface area contributed by atoms with Crippen molar-refractivity contribution in [2.45, 2.75) is 13.0 Å². The van der Waals surface area contributed by atoms with Gasteiger partial charge in [0, 0.05) is 40.2 Å². The van der Waals surface area contributed by atoms with Crippen LogP contribution in [0.5, 0.6) is 0 Å². The topological polar surface area (TPSA) is 41.6 Å². The lowest BCUT2D eigenvalue weighted by Crippen LogP contribution is -2.46. The summed E-state index contributed by atoms with van der Waals surface area (Å²) >= 11 is 6.79. The first kappa shape index (κ1) is 15.9. The first-order valence-corrected chi connectivity index (χ1v) is 8.20. The third kappa shape index (κ3) is 4.84. The zero-order chi connectivity index (χ0) is 14.5. The minimum atomic E-state index is -0.0484. The summed E-state index contributed by atoms with van der Waals surface area (Å²) in [4.78, 5) is 14.5. The third-order valence-corrected chi connectivity index (χ3v) is 4.05. The second-order valence-corrected chi connectivity index (χ2v) is 6.78. The van der Waals surface area contributed by atoms with E-state index >= 15 is 0 Å². The Morgan fingerprint density at radius 3 is 2.50 bits per heavy atom. The van der Waals surface area contributed by atoms with Crippen molar-refractivity contribution in [3.05, 3.63) is 32.7 Å². The van der Waals surface area contributed by atoms with Gasteiger partial charge in [-0.25, -0.2) is 0 Å². The maximum atomic E-state index is 12.2. The second-order valence-electron chi connectivity index (χ2n) is 4.95. The smallest absolute Gasteiger partial charge is 0.251 e. The van der Waals surface area contributed by atoms with Gasteiger partial charge in [0.25, 0.3) is 5.91 Å². The van der Waals surface area contributed by atoms with E-state index in [2.05, 4.69) is 42.1 Å². The van der Waals surface area contributed by atoms with Gasteiger partial charge in [-0.2, -0.15) is 0 Å². The van der Waals surface area contributed by atoms with Crippen LogP contribution in [-0.2, 0) is 4.74 Å². The van der Waals surface area contributed by atoms with E-state index in [-0.39, 0.29) is 11.9 Å². The van der Waals surface area contributed by atoms with Crippen molar-refractivity contribution in [2.24, 2.45) is 0 Å². The average Bonchev–Trinajstić information content (AvgIpc) is 2.38. The lowest BCUT2D eigenvalue weighted by molar-refractivity contribution is 0.0342. The van der Waals surface area contributed by atoms with Crippen LogP contribution >= 0.6 is 31.9 Å². The van der Waals surface area contributed by atoms with Crippen LogP contribution in [0.15, 0.2) is 27.1 Å². The molecule has 0 saturated carbocycles. The van der Waals surface area contributed by atoms with Gasteiger partial charge in [0.2, 0.25) is 0 Å². The molecule has 110 valence electrons. The van der Waals surface area contributed by atoms with Crippen molar-refractivity contribution in [2.75, 3.05) is 32.8 Å². The molecule has 0 aliphatic carbocycles. The zero-order valence-electron chi connectivity index (χ0n) is 11.4. The number of nitrogens with one attached hydrogen (secondary N) is 1. The number of carbonyl (C=O) groups excluding carboxylic acids is 1. The van der Waals surface area contributed by atoms with Crippen LogP contribution in [0.1, 0.15) is 17.3 Å². The summed E-state index contributed by atoms with van der Waals surface area (Å²) in [5.74, 6) is -0.0484. The van der Waals surface area contributed by atoms with Gasteiger partial charge in [0.1, 0.15) is 0 Å². The van der Waals surface area contributed by atoms with Crippen LogP contribution in [0.2, 0.25) is 0 Å². The second kappa shape index (κ2) is 7.54. The Morgan fingerprint density at radius 1 is 1.30 bits per heavy atom. The predicted octanol–water partition coefficient (Wildman–Crippen LogP) is 2.66. The van der Waals surface area contributed by atoms with Crippen molar-refractivity contribution < 1.29 is 9.53 Å². The van der Waals surface area contributed by atoms with Gasteiger partial charge in [-0.05, 0) is 25.1 Å². The molecule has 1 aliphatic rings. The molecule has 1 aromatic carbocycles. The molecule has 0 radical (unpaired) electrons. The van der Waals surface area contributed by atoms with E-state index in [9.17, 15) is 4.79 Å². The lowest BCUT2D eigenvalue weighted by atomic mass is 10.2. The summed E-state index contributed by atoms with van der Waals surface area (Å²) in [6, 6.07) is 5.66. The number of hydrogen-bond donors (Lipinski definition) is 1. The SMILES string of the molecule is CC(CN1CCOCC1)NC(=O)c1cc(Br)cc(Br)c1. The molecule has 1 N–H and O–H groups in total. The number of halogens is 2. The molecule has 1 aromatic rings. The predicted molar refractivity (Wildman–Crippen MR) is 86.0 cm³/mol. The summed E-state index contributed by atoms with van der Waals surface area (Å²) in [5, 5.41) is 3.03. The van der Waals surface area contributed by atoms with Gasteiger partial charge in [-0.1, -0.05) is 31.9 Å². The van der Waals surface area contributed by atoms with Crippen molar-refractivity contribution in [3.63, 3.8) is 0 Å². The molecule has 1 fully saturated rings. The summed E-state index contributed by atoms with van der Waals surface area (Å²) in [7, 11) is 0. The minimum absolute atomic E-state index is 0.0484. The van der Waals surface area contributed by atoms with Crippen LogP contribution in [0.25, 0.3) is 0 Å². The summed E-state index contributed by atoms with van der Waals surface area (Å²) in [6.45, 7) is 6.30. The standard InChI is InChI=1S/C14H18Br2N2O2/c1-10(9-18-2-4-20-5-3-18)17-14(19)11-6-12(15)8-13(16)7-11/h6-8,10H,2-5,9H2,1H3,(H,17,19). The highest BCUT2D eigenvalue weighted by atomic mass is 79.9. The summed E-state index contributed by atoms with van der Waals surface area (Å²) < 4.78 is 7.09. The number of ether oxygens (including phenoxy) is 1. The molecule has 6 heteroatoms. The molecular weight excluding hydrogens is 388 g/mol. The first-order chi connectivity index (χ1) is 9.54. The number of hydrogen-bond acceptors (Lipinski definition) is 3. The maximum Gasteiger partial charge on any atom is 0.251 e. The molecular formula is C14H18Br2N2O2. The molecule has 1 atom stereocenters. The van der Waals surface area contributed by atoms with Gasteiger partial charge in [0.05, 0.1) is 13.2 Å². The highest BCUT2D eigenvalue weighted by Gasteiger charge is 2.16. The van der Waals surface area contributed by atoms with Crippen LogP contribution in [0, 0.1) is 0 Å². The monoisotopic (exact) mass is 404 g/mol. The molecule has 1 heterocycles. The van der Waals surface area contributed by atoms with Gasteiger partial charge in [-0.15, -0.1) is 0 Å². The quantitative estimate of drug-likeness (QED) is 0.837. The first-order valence-electron chi connectivity index (χ1n) is 6.61. The Bertz CT molecular complexity index is 456. The van der Waals surface area contributed by atoms with Gasteiger partial charge in [0.15, 0.2) is 0 Å². The van der Waals surface area contributed by atoms with Crippen LogP contribution in [0.3, 0.4) is 0 Å². The van der Waals surface area contributed by atoms with Crippen molar-refractivity contribution >= 4 is 37.8 Å². The van der Waals surface area contributed by atoms with E-state index in [1.807, 2.05) is 25.1 Å². The van der Waals surface area contributed by atoms with E-state index in [1.54, 1.807) is 0 Å². The zero-order valence-corrected chi connectivity index (χ0v) is 14.5. The Balaban J connectivity index is 1.89. The van der Waals surface area contributed by atoms with E-state index in [4.69, 9.17) is 4.74 Å².